The first kappa shape index (κ1) is 13.6. The van der Waals surface area contributed by atoms with Gasteiger partial charge in [0, 0.05) is 43.2 Å². The monoisotopic (exact) mass is 274 g/mol. The van der Waals surface area contributed by atoms with E-state index in [2.05, 4.69) is 29.3 Å². The highest BCUT2D eigenvalue weighted by molar-refractivity contribution is 5.80. The summed E-state index contributed by atoms with van der Waals surface area (Å²) in [6, 6.07) is 8.64. The molecule has 0 aliphatic carbocycles. The molecule has 0 spiro atoms. The minimum Gasteiger partial charge on any atom is -0.464 e. The third kappa shape index (κ3) is 3.20. The second kappa shape index (κ2) is 6.39. The molecule has 0 saturated carbocycles. The predicted octanol–water partition coefficient (Wildman–Crippen LogP) is 2.24. The summed E-state index contributed by atoms with van der Waals surface area (Å²) in [5.74, 6) is 0. The van der Waals surface area contributed by atoms with Crippen LogP contribution < -0.4 is 5.32 Å². The molecule has 1 aromatic heterocycles. The van der Waals surface area contributed by atoms with Crippen molar-refractivity contribution >= 4 is 11.0 Å². The zero-order valence-corrected chi connectivity index (χ0v) is 12.0. The second-order valence-electron chi connectivity index (χ2n) is 5.45. The minimum atomic E-state index is 0.460. The maximum Gasteiger partial charge on any atom is 0.134 e. The maximum absolute atomic E-state index is 5.56. The van der Waals surface area contributed by atoms with Gasteiger partial charge in [0.05, 0.1) is 19.5 Å². The summed E-state index contributed by atoms with van der Waals surface area (Å²) < 4.78 is 10.9. The molecule has 0 amide bonds. The van der Waals surface area contributed by atoms with Crippen molar-refractivity contribution in [3.8, 4) is 0 Å². The lowest BCUT2D eigenvalue weighted by atomic mass is 10.1. The molecule has 1 aliphatic heterocycles. The molecule has 1 aromatic carbocycles. The molecule has 1 saturated heterocycles. The number of hydrogen-bond donors (Lipinski definition) is 1. The van der Waals surface area contributed by atoms with Gasteiger partial charge in [-0.05, 0) is 13.0 Å². The van der Waals surface area contributed by atoms with Crippen molar-refractivity contribution in [2.24, 2.45) is 0 Å². The van der Waals surface area contributed by atoms with Crippen molar-refractivity contribution in [1.29, 1.82) is 0 Å². The number of fused-ring (bicyclic) bond motifs is 1. The van der Waals surface area contributed by atoms with Crippen LogP contribution in [0, 0.1) is 0 Å². The lowest BCUT2D eigenvalue weighted by Crippen LogP contribution is -2.44. The van der Waals surface area contributed by atoms with E-state index in [4.69, 9.17) is 9.15 Å². The van der Waals surface area contributed by atoms with Crippen LogP contribution in [0.5, 0.6) is 0 Å². The van der Waals surface area contributed by atoms with Gasteiger partial charge in [0.25, 0.3) is 0 Å². The molecule has 0 bridgehead atoms. The highest BCUT2D eigenvalue weighted by atomic mass is 16.5. The van der Waals surface area contributed by atoms with Crippen LogP contribution in [0.4, 0.5) is 0 Å². The fraction of sp³-hybridized carbons (Fsp3) is 0.500. The van der Waals surface area contributed by atoms with E-state index < -0.39 is 0 Å². The van der Waals surface area contributed by atoms with Gasteiger partial charge in [-0.25, -0.2) is 0 Å². The number of rotatable bonds is 5. The summed E-state index contributed by atoms with van der Waals surface area (Å²) in [6.07, 6.45) is 1.86. The van der Waals surface area contributed by atoms with Gasteiger partial charge in [0.1, 0.15) is 5.58 Å². The Hall–Kier alpha value is -1.36. The Morgan fingerprint density at radius 3 is 2.90 bits per heavy atom. The third-order valence-corrected chi connectivity index (χ3v) is 3.84. The summed E-state index contributed by atoms with van der Waals surface area (Å²) in [6.45, 7) is 7.96. The van der Waals surface area contributed by atoms with Gasteiger partial charge >= 0.3 is 0 Å². The van der Waals surface area contributed by atoms with Crippen molar-refractivity contribution in [2.75, 3.05) is 32.8 Å². The van der Waals surface area contributed by atoms with Crippen LogP contribution in [0.2, 0.25) is 0 Å². The molecule has 1 N–H and O–H groups in total. The van der Waals surface area contributed by atoms with E-state index in [9.17, 15) is 0 Å². The summed E-state index contributed by atoms with van der Waals surface area (Å²) in [4.78, 5) is 2.45. The van der Waals surface area contributed by atoms with Gasteiger partial charge in [0.15, 0.2) is 0 Å². The molecule has 4 nitrogen and oxygen atoms in total. The van der Waals surface area contributed by atoms with E-state index in [1.165, 1.54) is 10.9 Å². The number of ether oxygens (including phenoxy) is 1. The van der Waals surface area contributed by atoms with Gasteiger partial charge < -0.3 is 14.5 Å². The Labute approximate surface area is 119 Å². The van der Waals surface area contributed by atoms with Gasteiger partial charge in [-0.15, -0.1) is 0 Å². The number of nitrogens with one attached hydrogen (secondary N) is 1. The first-order valence-corrected chi connectivity index (χ1v) is 7.31. The van der Waals surface area contributed by atoms with Crippen LogP contribution >= 0.6 is 0 Å². The van der Waals surface area contributed by atoms with Crippen LogP contribution in [-0.2, 0) is 11.3 Å². The molecular weight excluding hydrogens is 252 g/mol. The Kier molecular flexibility index (Phi) is 4.35. The van der Waals surface area contributed by atoms with Crippen molar-refractivity contribution < 1.29 is 9.15 Å². The molecular formula is C16H22N2O2. The molecule has 0 radical (unpaired) electrons. The summed E-state index contributed by atoms with van der Waals surface area (Å²) in [5.41, 5.74) is 2.19. The van der Waals surface area contributed by atoms with Crippen molar-refractivity contribution in [3.05, 3.63) is 36.1 Å². The third-order valence-electron chi connectivity index (χ3n) is 3.84. The summed E-state index contributed by atoms with van der Waals surface area (Å²) in [7, 11) is 0. The summed E-state index contributed by atoms with van der Waals surface area (Å²) >= 11 is 0. The number of morpholine rings is 1. The summed E-state index contributed by atoms with van der Waals surface area (Å²) in [5, 5.41) is 4.79. The standard InChI is InChI=1S/C16H22N2O2/c1-13(11-18-6-8-19-9-7-18)17-10-14-12-20-16-5-3-2-4-15(14)16/h2-5,12-13,17H,6-11H2,1H3. The van der Waals surface area contributed by atoms with E-state index in [1.54, 1.807) is 0 Å². The SMILES string of the molecule is CC(CN1CCOCC1)NCc1coc2ccccc12. The van der Waals surface area contributed by atoms with E-state index in [1.807, 2.05) is 18.4 Å². The number of nitrogens with zero attached hydrogens (tertiary/aromatic N) is 1. The molecule has 20 heavy (non-hydrogen) atoms. The smallest absolute Gasteiger partial charge is 0.134 e. The first-order valence-electron chi connectivity index (χ1n) is 7.31. The lowest BCUT2D eigenvalue weighted by Gasteiger charge is -2.29. The Morgan fingerprint density at radius 2 is 2.05 bits per heavy atom. The number of benzene rings is 1. The topological polar surface area (TPSA) is 37.6 Å². The van der Waals surface area contributed by atoms with E-state index in [0.29, 0.717) is 6.04 Å². The molecule has 2 heterocycles. The van der Waals surface area contributed by atoms with Crippen LogP contribution in [0.3, 0.4) is 0 Å². The number of hydrogen-bond acceptors (Lipinski definition) is 4. The van der Waals surface area contributed by atoms with Crippen LogP contribution in [0.1, 0.15) is 12.5 Å². The second-order valence-corrected chi connectivity index (χ2v) is 5.45. The van der Waals surface area contributed by atoms with Crippen LogP contribution in [0.25, 0.3) is 11.0 Å². The normalized spacial score (nSPS) is 18.4. The lowest BCUT2D eigenvalue weighted by molar-refractivity contribution is 0.0343. The Morgan fingerprint density at radius 1 is 1.25 bits per heavy atom. The van der Waals surface area contributed by atoms with Gasteiger partial charge in [-0.2, -0.15) is 0 Å². The fourth-order valence-electron chi connectivity index (χ4n) is 2.69. The highest BCUT2D eigenvalue weighted by Gasteiger charge is 2.14. The van der Waals surface area contributed by atoms with E-state index in [0.717, 1.165) is 45.0 Å². The van der Waals surface area contributed by atoms with Crippen molar-refractivity contribution in [3.63, 3.8) is 0 Å². The quantitative estimate of drug-likeness (QED) is 0.907. The van der Waals surface area contributed by atoms with Gasteiger partial charge in [0.2, 0.25) is 0 Å². The maximum atomic E-state index is 5.56. The van der Waals surface area contributed by atoms with Gasteiger partial charge in [-0.1, -0.05) is 18.2 Å². The predicted molar refractivity (Wildman–Crippen MR) is 79.8 cm³/mol. The molecule has 1 atom stereocenters. The molecule has 1 aliphatic rings. The van der Waals surface area contributed by atoms with Crippen molar-refractivity contribution in [2.45, 2.75) is 19.5 Å². The van der Waals surface area contributed by atoms with E-state index in [-0.39, 0.29) is 0 Å². The zero-order valence-electron chi connectivity index (χ0n) is 12.0. The molecule has 1 fully saturated rings. The van der Waals surface area contributed by atoms with Crippen molar-refractivity contribution in [1.82, 2.24) is 10.2 Å². The fourth-order valence-corrected chi connectivity index (χ4v) is 2.69. The molecule has 108 valence electrons. The van der Waals surface area contributed by atoms with E-state index >= 15 is 0 Å². The first-order chi connectivity index (χ1) is 9.83. The van der Waals surface area contributed by atoms with Crippen LogP contribution in [0.15, 0.2) is 34.9 Å². The Bertz CT molecular complexity index is 546. The highest BCUT2D eigenvalue weighted by Crippen LogP contribution is 2.20. The molecule has 2 aromatic rings. The Balaban J connectivity index is 1.53. The average Bonchev–Trinajstić information content (AvgIpc) is 2.89. The number of furan rings is 1. The van der Waals surface area contributed by atoms with Crippen LogP contribution in [-0.4, -0.2) is 43.8 Å². The minimum absolute atomic E-state index is 0.460. The molecule has 1 unspecified atom stereocenters. The number of para-hydroxylation sites is 1. The average molecular weight is 274 g/mol. The zero-order chi connectivity index (χ0) is 13.8. The molecule has 4 heteroatoms. The molecule has 3 rings (SSSR count). The largest absolute Gasteiger partial charge is 0.464 e. The van der Waals surface area contributed by atoms with Gasteiger partial charge in [-0.3, -0.25) is 4.90 Å².